The molecule has 1 N–H and O–H groups in total. The van der Waals surface area contributed by atoms with Gasteiger partial charge in [0, 0.05) is 10.9 Å². The molecule has 3 aromatic rings. The summed E-state index contributed by atoms with van der Waals surface area (Å²) in [6, 6.07) is 10.9. The SMILES string of the molecule is Fc1ccc(OC[C@@H]2CO2)c2c1[nH]c1ccccc12. The maximum atomic E-state index is 13.9. The lowest BCUT2D eigenvalue weighted by Gasteiger charge is -2.06. The molecule has 1 atom stereocenters. The maximum Gasteiger partial charge on any atom is 0.147 e. The number of nitrogens with one attached hydrogen (secondary N) is 1. The zero-order valence-corrected chi connectivity index (χ0v) is 10.2. The Hall–Kier alpha value is -2.07. The van der Waals surface area contributed by atoms with Crippen LogP contribution in [0.5, 0.6) is 5.75 Å². The van der Waals surface area contributed by atoms with Gasteiger partial charge in [-0.3, -0.25) is 0 Å². The van der Waals surface area contributed by atoms with E-state index in [0.29, 0.717) is 17.9 Å². The van der Waals surface area contributed by atoms with Crippen LogP contribution in [-0.4, -0.2) is 24.3 Å². The Balaban J connectivity index is 1.93. The number of para-hydroxylation sites is 1. The second-order valence-electron chi connectivity index (χ2n) is 4.73. The van der Waals surface area contributed by atoms with E-state index in [0.717, 1.165) is 22.9 Å². The quantitative estimate of drug-likeness (QED) is 0.731. The zero-order chi connectivity index (χ0) is 12.8. The Bertz CT molecular complexity index is 761. The lowest BCUT2D eigenvalue weighted by atomic mass is 10.1. The molecule has 2 aromatic carbocycles. The van der Waals surface area contributed by atoms with E-state index in [2.05, 4.69) is 4.98 Å². The number of H-pyrrole nitrogens is 1. The first kappa shape index (κ1) is 10.8. The van der Waals surface area contributed by atoms with E-state index < -0.39 is 0 Å². The molecule has 0 spiro atoms. The molecule has 96 valence electrons. The molecule has 1 aliphatic heterocycles. The van der Waals surface area contributed by atoms with Crippen LogP contribution in [-0.2, 0) is 4.74 Å². The number of aromatic nitrogens is 1. The second kappa shape index (κ2) is 3.96. The highest BCUT2D eigenvalue weighted by atomic mass is 19.1. The van der Waals surface area contributed by atoms with E-state index in [4.69, 9.17) is 9.47 Å². The molecule has 0 amide bonds. The number of halogens is 1. The fourth-order valence-corrected chi connectivity index (χ4v) is 2.36. The van der Waals surface area contributed by atoms with Crippen LogP contribution in [0.15, 0.2) is 36.4 Å². The summed E-state index contributed by atoms with van der Waals surface area (Å²) < 4.78 is 24.8. The molecule has 1 aromatic heterocycles. The molecular formula is C15H12FNO2. The zero-order valence-electron chi connectivity index (χ0n) is 10.2. The number of benzene rings is 2. The molecule has 1 aliphatic rings. The van der Waals surface area contributed by atoms with Gasteiger partial charge >= 0.3 is 0 Å². The maximum absolute atomic E-state index is 13.9. The normalized spacial score (nSPS) is 18.1. The minimum atomic E-state index is -0.263. The highest BCUT2D eigenvalue weighted by molar-refractivity contribution is 6.10. The van der Waals surface area contributed by atoms with Crippen molar-refractivity contribution in [2.45, 2.75) is 6.10 Å². The van der Waals surface area contributed by atoms with Crippen molar-refractivity contribution in [2.75, 3.05) is 13.2 Å². The number of hydrogen-bond donors (Lipinski definition) is 1. The molecule has 0 unspecified atom stereocenters. The minimum Gasteiger partial charge on any atom is -0.490 e. The fraction of sp³-hybridized carbons (Fsp3) is 0.200. The number of epoxide rings is 1. The molecule has 4 rings (SSSR count). The first-order valence-electron chi connectivity index (χ1n) is 6.26. The van der Waals surface area contributed by atoms with Crippen molar-refractivity contribution in [3.63, 3.8) is 0 Å². The van der Waals surface area contributed by atoms with Gasteiger partial charge in [-0.15, -0.1) is 0 Å². The predicted molar refractivity (Wildman–Crippen MR) is 71.0 cm³/mol. The smallest absolute Gasteiger partial charge is 0.147 e. The molecule has 1 fully saturated rings. The molecule has 3 nitrogen and oxygen atoms in total. The van der Waals surface area contributed by atoms with Crippen molar-refractivity contribution >= 4 is 21.8 Å². The molecule has 4 heteroatoms. The molecule has 2 heterocycles. The lowest BCUT2D eigenvalue weighted by Crippen LogP contribution is -2.04. The van der Waals surface area contributed by atoms with Gasteiger partial charge in [-0.25, -0.2) is 4.39 Å². The monoisotopic (exact) mass is 257 g/mol. The highest BCUT2D eigenvalue weighted by Gasteiger charge is 2.24. The van der Waals surface area contributed by atoms with E-state index in [-0.39, 0.29) is 11.9 Å². The Kier molecular flexibility index (Phi) is 2.26. The second-order valence-corrected chi connectivity index (χ2v) is 4.73. The van der Waals surface area contributed by atoms with Crippen LogP contribution in [0.4, 0.5) is 4.39 Å². The van der Waals surface area contributed by atoms with Crippen molar-refractivity contribution in [3.05, 3.63) is 42.2 Å². The van der Waals surface area contributed by atoms with Crippen LogP contribution in [0.1, 0.15) is 0 Å². The van der Waals surface area contributed by atoms with Crippen LogP contribution in [0.2, 0.25) is 0 Å². The van der Waals surface area contributed by atoms with Crippen molar-refractivity contribution in [2.24, 2.45) is 0 Å². The van der Waals surface area contributed by atoms with Crippen molar-refractivity contribution < 1.29 is 13.9 Å². The third-order valence-electron chi connectivity index (χ3n) is 3.40. The van der Waals surface area contributed by atoms with Gasteiger partial charge in [-0.1, -0.05) is 18.2 Å². The summed E-state index contributed by atoms with van der Waals surface area (Å²) in [4.78, 5) is 3.10. The minimum absolute atomic E-state index is 0.185. The summed E-state index contributed by atoms with van der Waals surface area (Å²) >= 11 is 0. The van der Waals surface area contributed by atoms with E-state index in [1.54, 1.807) is 6.07 Å². The predicted octanol–water partition coefficient (Wildman–Crippen LogP) is 3.24. The van der Waals surface area contributed by atoms with Crippen LogP contribution >= 0.6 is 0 Å². The molecular weight excluding hydrogens is 245 g/mol. The van der Waals surface area contributed by atoms with Crippen molar-refractivity contribution in [1.82, 2.24) is 4.98 Å². The van der Waals surface area contributed by atoms with Gasteiger partial charge in [0.05, 0.1) is 17.5 Å². The third kappa shape index (κ3) is 1.76. The first-order valence-corrected chi connectivity index (χ1v) is 6.26. The summed E-state index contributed by atoms with van der Waals surface area (Å²) in [6.07, 6.45) is 0.185. The van der Waals surface area contributed by atoms with Crippen LogP contribution in [0, 0.1) is 5.82 Å². The summed E-state index contributed by atoms with van der Waals surface area (Å²) in [6.45, 7) is 1.26. The topological polar surface area (TPSA) is 37.5 Å². The molecule has 0 bridgehead atoms. The van der Waals surface area contributed by atoms with E-state index in [1.807, 2.05) is 24.3 Å². The molecule has 1 saturated heterocycles. The Labute approximate surface area is 108 Å². The number of aromatic amines is 1. The standard InChI is InChI=1S/C15H12FNO2/c16-11-5-6-13(19-8-9-7-18-9)14-10-3-1-2-4-12(10)17-15(11)14/h1-6,9,17H,7-8H2/t9-/m0/s1. The lowest BCUT2D eigenvalue weighted by molar-refractivity contribution is 0.265. The van der Waals surface area contributed by atoms with Gasteiger partial charge in [0.2, 0.25) is 0 Å². The Morgan fingerprint density at radius 1 is 1.26 bits per heavy atom. The summed E-state index contributed by atoms with van der Waals surface area (Å²) in [5.41, 5.74) is 1.41. The van der Waals surface area contributed by atoms with E-state index in [1.165, 1.54) is 6.07 Å². The van der Waals surface area contributed by atoms with Crippen molar-refractivity contribution in [1.29, 1.82) is 0 Å². The number of rotatable bonds is 3. The average molecular weight is 257 g/mol. The van der Waals surface area contributed by atoms with Crippen LogP contribution in [0.25, 0.3) is 21.8 Å². The van der Waals surface area contributed by atoms with E-state index in [9.17, 15) is 4.39 Å². The van der Waals surface area contributed by atoms with Gasteiger partial charge in [0.25, 0.3) is 0 Å². The largest absolute Gasteiger partial charge is 0.490 e. The van der Waals surface area contributed by atoms with E-state index >= 15 is 0 Å². The number of hydrogen-bond acceptors (Lipinski definition) is 2. The molecule has 0 saturated carbocycles. The average Bonchev–Trinajstić information content (AvgIpc) is 3.17. The van der Waals surface area contributed by atoms with Gasteiger partial charge in [0.15, 0.2) is 0 Å². The number of ether oxygens (including phenoxy) is 2. The summed E-state index contributed by atoms with van der Waals surface area (Å²) in [7, 11) is 0. The van der Waals surface area contributed by atoms with Gasteiger partial charge in [-0.2, -0.15) is 0 Å². The molecule has 0 radical (unpaired) electrons. The van der Waals surface area contributed by atoms with Gasteiger partial charge in [0.1, 0.15) is 24.3 Å². The first-order chi connectivity index (χ1) is 9.33. The fourth-order valence-electron chi connectivity index (χ4n) is 2.36. The van der Waals surface area contributed by atoms with Crippen LogP contribution in [0.3, 0.4) is 0 Å². The Morgan fingerprint density at radius 3 is 2.95 bits per heavy atom. The van der Waals surface area contributed by atoms with Crippen LogP contribution < -0.4 is 4.74 Å². The molecule has 19 heavy (non-hydrogen) atoms. The summed E-state index contributed by atoms with van der Waals surface area (Å²) in [5, 5.41) is 1.78. The van der Waals surface area contributed by atoms with Gasteiger partial charge in [-0.05, 0) is 18.2 Å². The third-order valence-corrected chi connectivity index (χ3v) is 3.40. The molecule has 0 aliphatic carbocycles. The number of fused-ring (bicyclic) bond motifs is 3. The summed E-state index contributed by atoms with van der Waals surface area (Å²) in [5.74, 6) is 0.436. The Morgan fingerprint density at radius 2 is 2.11 bits per heavy atom. The highest BCUT2D eigenvalue weighted by Crippen LogP contribution is 2.34. The van der Waals surface area contributed by atoms with Gasteiger partial charge < -0.3 is 14.5 Å². The van der Waals surface area contributed by atoms with Crippen molar-refractivity contribution in [3.8, 4) is 5.75 Å².